The third kappa shape index (κ3) is 2.39. The van der Waals surface area contributed by atoms with Crippen LogP contribution in [0.5, 0.6) is 0 Å². The molecule has 3 nitrogen and oxygen atoms in total. The molecule has 1 aliphatic carbocycles. The smallest absolute Gasteiger partial charge is 0.380 e. The predicted octanol–water partition coefficient (Wildman–Crippen LogP) is 3.34. The first-order valence-corrected chi connectivity index (χ1v) is 7.13. The fourth-order valence-electron chi connectivity index (χ4n) is 3.23. The predicted molar refractivity (Wildman–Crippen MR) is 71.3 cm³/mol. The van der Waals surface area contributed by atoms with Gasteiger partial charge in [0.25, 0.3) is 5.56 Å². The summed E-state index contributed by atoms with van der Waals surface area (Å²) in [5.74, 6) is -0.230. The maximum absolute atomic E-state index is 13.0. The average Bonchev–Trinajstić information content (AvgIpc) is 2.25. The number of pyridine rings is 1. The van der Waals surface area contributed by atoms with E-state index in [0.717, 1.165) is 25.1 Å². The lowest BCUT2D eigenvalue weighted by atomic mass is 9.64. The van der Waals surface area contributed by atoms with E-state index in [9.17, 15) is 18.0 Å². The molecule has 3 rings (SSSR count). The molecule has 0 unspecified atom stereocenters. The largest absolute Gasteiger partial charge is 0.417 e. The number of hydrogen-bond acceptors (Lipinski definition) is 2. The van der Waals surface area contributed by atoms with Crippen molar-refractivity contribution in [1.82, 2.24) is 4.57 Å². The highest BCUT2D eigenvalue weighted by atomic mass is 19.4. The monoisotopic (exact) mass is 301 g/mol. The van der Waals surface area contributed by atoms with Crippen molar-refractivity contribution in [3.63, 3.8) is 0 Å². The first-order chi connectivity index (χ1) is 9.72. The lowest BCUT2D eigenvalue weighted by molar-refractivity contribution is -0.175. The first-order valence-electron chi connectivity index (χ1n) is 7.13. The van der Waals surface area contributed by atoms with E-state index >= 15 is 0 Å². The van der Waals surface area contributed by atoms with Crippen LogP contribution in [0.4, 0.5) is 13.2 Å². The Hall–Kier alpha value is -1.30. The SMILES string of the molecule is CC(C)c1cc(C(F)(F)F)cn(C2CC3(COC3)C2)c1=O. The van der Waals surface area contributed by atoms with Gasteiger partial charge in [-0.2, -0.15) is 13.2 Å². The number of ether oxygens (including phenoxy) is 1. The number of aromatic nitrogens is 1. The maximum atomic E-state index is 13.0. The molecular formula is C15H18F3NO2. The Morgan fingerprint density at radius 3 is 2.38 bits per heavy atom. The normalized spacial score (nSPS) is 21.4. The molecule has 2 heterocycles. The van der Waals surface area contributed by atoms with Gasteiger partial charge in [-0.05, 0) is 24.8 Å². The average molecular weight is 301 g/mol. The molecule has 2 aliphatic rings. The molecule has 1 saturated carbocycles. The summed E-state index contributed by atoms with van der Waals surface area (Å²) in [7, 11) is 0. The third-order valence-corrected chi connectivity index (χ3v) is 4.57. The van der Waals surface area contributed by atoms with Crippen LogP contribution in [0.25, 0.3) is 0 Å². The Bertz CT molecular complexity index is 606. The van der Waals surface area contributed by atoms with Crippen molar-refractivity contribution in [2.45, 2.75) is 44.8 Å². The first kappa shape index (κ1) is 14.6. The summed E-state index contributed by atoms with van der Waals surface area (Å²) >= 11 is 0. The van der Waals surface area contributed by atoms with Crippen molar-refractivity contribution in [3.05, 3.63) is 33.7 Å². The van der Waals surface area contributed by atoms with Gasteiger partial charge in [0, 0.05) is 23.2 Å². The summed E-state index contributed by atoms with van der Waals surface area (Å²) in [5.41, 5.74) is -0.693. The fourth-order valence-corrected chi connectivity index (χ4v) is 3.23. The molecule has 1 aliphatic heterocycles. The summed E-state index contributed by atoms with van der Waals surface area (Å²) in [6, 6.07) is 0.853. The Labute approximate surface area is 120 Å². The lowest BCUT2D eigenvalue weighted by Gasteiger charge is -2.53. The number of halogens is 3. The van der Waals surface area contributed by atoms with Crippen molar-refractivity contribution >= 4 is 0 Å². The Morgan fingerprint density at radius 2 is 1.95 bits per heavy atom. The van der Waals surface area contributed by atoms with Gasteiger partial charge < -0.3 is 9.30 Å². The highest BCUT2D eigenvalue weighted by molar-refractivity contribution is 5.25. The van der Waals surface area contributed by atoms with E-state index in [1.807, 2.05) is 0 Å². The zero-order chi connectivity index (χ0) is 15.4. The molecule has 0 N–H and O–H groups in total. The van der Waals surface area contributed by atoms with Gasteiger partial charge in [-0.25, -0.2) is 0 Å². The van der Waals surface area contributed by atoms with E-state index < -0.39 is 11.7 Å². The van der Waals surface area contributed by atoms with Gasteiger partial charge >= 0.3 is 6.18 Å². The van der Waals surface area contributed by atoms with Crippen LogP contribution in [0, 0.1) is 5.41 Å². The Balaban J connectivity index is 1.99. The Kier molecular flexibility index (Phi) is 3.20. The minimum absolute atomic E-state index is 0.107. The Morgan fingerprint density at radius 1 is 1.33 bits per heavy atom. The number of alkyl halides is 3. The summed E-state index contributed by atoms with van der Waals surface area (Å²) < 4.78 is 45.5. The second-order valence-electron chi connectivity index (χ2n) is 6.60. The lowest BCUT2D eigenvalue weighted by Crippen LogP contribution is -2.54. The van der Waals surface area contributed by atoms with Crippen molar-refractivity contribution in [1.29, 1.82) is 0 Å². The van der Waals surface area contributed by atoms with Crippen LogP contribution in [0.3, 0.4) is 0 Å². The molecule has 21 heavy (non-hydrogen) atoms. The van der Waals surface area contributed by atoms with E-state index in [4.69, 9.17) is 4.74 Å². The minimum atomic E-state index is -4.43. The number of rotatable bonds is 2. The summed E-state index contributed by atoms with van der Waals surface area (Å²) in [4.78, 5) is 12.4. The molecule has 6 heteroatoms. The van der Waals surface area contributed by atoms with Gasteiger partial charge in [-0.3, -0.25) is 4.79 Å². The summed E-state index contributed by atoms with van der Waals surface area (Å²) in [6.45, 7) is 4.80. The van der Waals surface area contributed by atoms with E-state index in [1.54, 1.807) is 13.8 Å². The van der Waals surface area contributed by atoms with Crippen molar-refractivity contribution in [3.8, 4) is 0 Å². The van der Waals surface area contributed by atoms with Gasteiger partial charge in [0.1, 0.15) is 0 Å². The molecule has 0 bridgehead atoms. The van der Waals surface area contributed by atoms with Crippen LogP contribution < -0.4 is 5.56 Å². The molecule has 0 amide bonds. The van der Waals surface area contributed by atoms with Crippen molar-refractivity contribution in [2.24, 2.45) is 5.41 Å². The second-order valence-corrected chi connectivity index (χ2v) is 6.60. The van der Waals surface area contributed by atoms with E-state index in [1.165, 1.54) is 4.57 Å². The quantitative estimate of drug-likeness (QED) is 0.839. The van der Waals surface area contributed by atoms with Crippen LogP contribution in [0.2, 0.25) is 0 Å². The highest BCUT2D eigenvalue weighted by Gasteiger charge is 2.51. The molecule has 1 saturated heterocycles. The molecule has 0 aromatic carbocycles. The van der Waals surface area contributed by atoms with Gasteiger partial charge in [-0.1, -0.05) is 13.8 Å². The fraction of sp³-hybridized carbons (Fsp3) is 0.667. The zero-order valence-corrected chi connectivity index (χ0v) is 12.0. The number of hydrogen-bond donors (Lipinski definition) is 0. The summed E-state index contributed by atoms with van der Waals surface area (Å²) in [6.07, 6.45) is -2.00. The van der Waals surface area contributed by atoms with Crippen molar-refractivity contribution < 1.29 is 17.9 Å². The number of nitrogens with zero attached hydrogens (tertiary/aromatic N) is 1. The maximum Gasteiger partial charge on any atom is 0.417 e. The van der Waals surface area contributed by atoms with Crippen molar-refractivity contribution in [2.75, 3.05) is 13.2 Å². The van der Waals surface area contributed by atoms with Crippen LogP contribution in [0.1, 0.15) is 49.8 Å². The van der Waals surface area contributed by atoms with E-state index in [-0.39, 0.29) is 28.5 Å². The topological polar surface area (TPSA) is 31.2 Å². The van der Waals surface area contributed by atoms with E-state index in [0.29, 0.717) is 13.2 Å². The molecule has 0 radical (unpaired) electrons. The second kappa shape index (κ2) is 4.60. The molecule has 1 spiro atoms. The van der Waals surface area contributed by atoms with Gasteiger partial charge in [-0.15, -0.1) is 0 Å². The standard InChI is InChI=1S/C15H18F3NO2/c1-9(2)12-3-10(15(16,17)18)6-19(13(12)20)11-4-14(5-11)7-21-8-14/h3,6,9,11H,4-5,7-8H2,1-2H3. The molecular weight excluding hydrogens is 283 g/mol. The van der Waals surface area contributed by atoms with Crippen LogP contribution in [-0.4, -0.2) is 17.8 Å². The molecule has 2 fully saturated rings. The van der Waals surface area contributed by atoms with Crippen LogP contribution >= 0.6 is 0 Å². The third-order valence-electron chi connectivity index (χ3n) is 4.57. The van der Waals surface area contributed by atoms with Gasteiger partial charge in [0.2, 0.25) is 0 Å². The molecule has 1 aromatic heterocycles. The highest BCUT2D eigenvalue weighted by Crippen LogP contribution is 2.52. The van der Waals surface area contributed by atoms with Crippen LogP contribution in [0.15, 0.2) is 17.1 Å². The summed E-state index contributed by atoms with van der Waals surface area (Å²) in [5, 5.41) is 0. The van der Waals surface area contributed by atoms with Gasteiger partial charge in [0.15, 0.2) is 0 Å². The van der Waals surface area contributed by atoms with Gasteiger partial charge in [0.05, 0.1) is 18.8 Å². The zero-order valence-electron chi connectivity index (χ0n) is 12.0. The van der Waals surface area contributed by atoms with E-state index in [2.05, 4.69) is 0 Å². The molecule has 116 valence electrons. The minimum Gasteiger partial charge on any atom is -0.380 e. The molecule has 1 aromatic rings. The molecule has 0 atom stereocenters. The van der Waals surface area contributed by atoms with Crippen LogP contribution in [-0.2, 0) is 10.9 Å².